The van der Waals surface area contributed by atoms with E-state index in [0.717, 1.165) is 12.5 Å². The van der Waals surface area contributed by atoms with Crippen molar-refractivity contribution in [3.8, 4) is 0 Å². The molecule has 1 nitrogen and oxygen atoms in total. The van der Waals surface area contributed by atoms with Crippen LogP contribution in [-0.2, 0) is 0 Å². The zero-order valence-corrected chi connectivity index (χ0v) is 13.2. The van der Waals surface area contributed by atoms with Crippen LogP contribution < -0.4 is 5.73 Å². The normalized spacial score (nSPS) is 23.8. The number of nitrogens with two attached hydrogens (primary N) is 1. The summed E-state index contributed by atoms with van der Waals surface area (Å²) in [5, 5.41) is 0. The molecule has 1 unspecified atom stereocenters. The Bertz CT molecular complexity index is 222. The van der Waals surface area contributed by atoms with Crippen molar-refractivity contribution in [3.63, 3.8) is 0 Å². The van der Waals surface area contributed by atoms with Crippen LogP contribution in [-0.4, -0.2) is 6.54 Å². The minimum atomic E-state index is 0.476. The van der Waals surface area contributed by atoms with Gasteiger partial charge in [0.15, 0.2) is 0 Å². The minimum absolute atomic E-state index is 0.476. The van der Waals surface area contributed by atoms with Crippen LogP contribution in [0.25, 0.3) is 0 Å². The first-order valence-electron chi connectivity index (χ1n) is 8.17. The molecule has 1 atom stereocenters. The van der Waals surface area contributed by atoms with Gasteiger partial charge in [0.2, 0.25) is 0 Å². The number of hydrogen-bond donors (Lipinski definition) is 1. The van der Waals surface area contributed by atoms with Crippen LogP contribution in [0, 0.1) is 16.7 Å². The van der Waals surface area contributed by atoms with Gasteiger partial charge < -0.3 is 5.73 Å². The quantitative estimate of drug-likeness (QED) is 0.668. The topological polar surface area (TPSA) is 26.0 Å². The SMILES string of the molecule is CCCCC(CC)CC1(CN)CCC(C)(C)CC1. The van der Waals surface area contributed by atoms with E-state index in [0.29, 0.717) is 10.8 Å². The van der Waals surface area contributed by atoms with Gasteiger partial charge in [0.1, 0.15) is 0 Å². The van der Waals surface area contributed by atoms with Gasteiger partial charge in [0.25, 0.3) is 0 Å². The van der Waals surface area contributed by atoms with Gasteiger partial charge in [-0.2, -0.15) is 0 Å². The summed E-state index contributed by atoms with van der Waals surface area (Å²) >= 11 is 0. The van der Waals surface area contributed by atoms with Crippen LogP contribution in [0.5, 0.6) is 0 Å². The van der Waals surface area contributed by atoms with Gasteiger partial charge in [-0.05, 0) is 55.4 Å². The summed E-state index contributed by atoms with van der Waals surface area (Å²) < 4.78 is 0. The highest BCUT2D eigenvalue weighted by atomic mass is 14.6. The van der Waals surface area contributed by atoms with Crippen molar-refractivity contribution in [2.45, 2.75) is 85.5 Å². The van der Waals surface area contributed by atoms with E-state index in [1.807, 2.05) is 0 Å². The molecule has 1 saturated carbocycles. The summed E-state index contributed by atoms with van der Waals surface area (Å²) in [5.41, 5.74) is 7.19. The van der Waals surface area contributed by atoms with Gasteiger partial charge in [-0.15, -0.1) is 0 Å². The summed E-state index contributed by atoms with van der Waals surface area (Å²) in [6, 6.07) is 0. The Morgan fingerprint density at radius 3 is 2.11 bits per heavy atom. The maximum absolute atomic E-state index is 6.16. The van der Waals surface area contributed by atoms with E-state index >= 15 is 0 Å². The third kappa shape index (κ3) is 4.57. The van der Waals surface area contributed by atoms with Crippen molar-refractivity contribution in [1.82, 2.24) is 0 Å². The number of hydrogen-bond acceptors (Lipinski definition) is 1. The molecule has 0 aromatic rings. The van der Waals surface area contributed by atoms with E-state index in [-0.39, 0.29) is 0 Å². The van der Waals surface area contributed by atoms with Crippen molar-refractivity contribution < 1.29 is 0 Å². The Balaban J connectivity index is 2.54. The summed E-state index contributed by atoms with van der Waals surface area (Å²) in [5.74, 6) is 0.912. The van der Waals surface area contributed by atoms with Gasteiger partial charge in [-0.1, -0.05) is 53.4 Å². The van der Waals surface area contributed by atoms with Crippen molar-refractivity contribution in [2.24, 2.45) is 22.5 Å². The molecular formula is C17H35N. The highest BCUT2D eigenvalue weighted by Gasteiger charge is 2.38. The summed E-state index contributed by atoms with van der Waals surface area (Å²) in [7, 11) is 0. The van der Waals surface area contributed by atoms with E-state index in [1.54, 1.807) is 0 Å². The molecule has 0 aromatic heterocycles. The van der Waals surface area contributed by atoms with E-state index in [1.165, 1.54) is 57.8 Å². The summed E-state index contributed by atoms with van der Waals surface area (Å²) in [6.07, 6.45) is 12.3. The van der Waals surface area contributed by atoms with Crippen LogP contribution in [0.1, 0.15) is 85.5 Å². The standard InChI is InChI=1S/C17H35N/c1-5-7-8-15(6-2)13-17(14-18)11-9-16(3,4)10-12-17/h15H,5-14,18H2,1-4H3. The average molecular weight is 253 g/mol. The second-order valence-corrected chi connectivity index (χ2v) is 7.49. The molecule has 1 rings (SSSR count). The lowest BCUT2D eigenvalue weighted by Gasteiger charge is -2.44. The van der Waals surface area contributed by atoms with E-state index in [9.17, 15) is 0 Å². The fourth-order valence-electron chi connectivity index (χ4n) is 3.50. The molecule has 108 valence electrons. The van der Waals surface area contributed by atoms with Crippen LogP contribution in [0.3, 0.4) is 0 Å². The van der Waals surface area contributed by atoms with Crippen LogP contribution in [0.2, 0.25) is 0 Å². The first-order valence-corrected chi connectivity index (χ1v) is 8.17. The monoisotopic (exact) mass is 253 g/mol. The largest absolute Gasteiger partial charge is 0.330 e. The molecule has 0 saturated heterocycles. The number of unbranched alkanes of at least 4 members (excludes halogenated alkanes) is 1. The predicted molar refractivity (Wildman–Crippen MR) is 81.7 cm³/mol. The lowest BCUT2D eigenvalue weighted by molar-refractivity contribution is 0.0795. The fraction of sp³-hybridized carbons (Fsp3) is 1.00. The predicted octanol–water partition coefficient (Wildman–Crippen LogP) is 5.14. The molecule has 18 heavy (non-hydrogen) atoms. The third-order valence-electron chi connectivity index (χ3n) is 5.36. The summed E-state index contributed by atoms with van der Waals surface area (Å²) in [4.78, 5) is 0. The Morgan fingerprint density at radius 2 is 1.67 bits per heavy atom. The second kappa shape index (κ2) is 6.93. The highest BCUT2D eigenvalue weighted by Crippen LogP contribution is 2.48. The molecule has 1 aliphatic rings. The Morgan fingerprint density at radius 1 is 1.06 bits per heavy atom. The van der Waals surface area contributed by atoms with Crippen LogP contribution >= 0.6 is 0 Å². The van der Waals surface area contributed by atoms with Gasteiger partial charge >= 0.3 is 0 Å². The molecule has 0 spiro atoms. The molecule has 0 bridgehead atoms. The van der Waals surface area contributed by atoms with Crippen molar-refractivity contribution >= 4 is 0 Å². The maximum atomic E-state index is 6.16. The van der Waals surface area contributed by atoms with E-state index < -0.39 is 0 Å². The zero-order valence-electron chi connectivity index (χ0n) is 13.2. The second-order valence-electron chi connectivity index (χ2n) is 7.49. The van der Waals surface area contributed by atoms with Gasteiger partial charge in [-0.25, -0.2) is 0 Å². The maximum Gasteiger partial charge on any atom is -0.00204 e. The fourth-order valence-corrected chi connectivity index (χ4v) is 3.50. The van der Waals surface area contributed by atoms with E-state index in [4.69, 9.17) is 5.73 Å². The smallest absolute Gasteiger partial charge is 0.00204 e. The Labute approximate surface area is 115 Å². The molecule has 1 aliphatic carbocycles. The van der Waals surface area contributed by atoms with Crippen molar-refractivity contribution in [3.05, 3.63) is 0 Å². The average Bonchev–Trinajstić information content (AvgIpc) is 2.37. The van der Waals surface area contributed by atoms with Gasteiger partial charge in [0, 0.05) is 0 Å². The number of rotatable bonds is 7. The molecule has 0 aromatic carbocycles. The molecule has 1 heteroatoms. The summed E-state index contributed by atoms with van der Waals surface area (Å²) in [6.45, 7) is 10.4. The minimum Gasteiger partial charge on any atom is -0.330 e. The van der Waals surface area contributed by atoms with Gasteiger partial charge in [-0.3, -0.25) is 0 Å². The van der Waals surface area contributed by atoms with Crippen LogP contribution in [0.4, 0.5) is 0 Å². The Kier molecular flexibility index (Phi) is 6.17. The van der Waals surface area contributed by atoms with Crippen LogP contribution in [0.15, 0.2) is 0 Å². The molecule has 1 fully saturated rings. The van der Waals surface area contributed by atoms with Crippen molar-refractivity contribution in [1.29, 1.82) is 0 Å². The zero-order chi connectivity index (χ0) is 13.6. The van der Waals surface area contributed by atoms with Crippen molar-refractivity contribution in [2.75, 3.05) is 6.54 Å². The lowest BCUT2D eigenvalue weighted by Crippen LogP contribution is -2.38. The first kappa shape index (κ1) is 16.0. The molecule has 0 radical (unpaired) electrons. The third-order valence-corrected chi connectivity index (χ3v) is 5.36. The first-order chi connectivity index (χ1) is 8.47. The lowest BCUT2D eigenvalue weighted by atomic mass is 9.62. The molecular weight excluding hydrogens is 218 g/mol. The Hall–Kier alpha value is -0.0400. The molecule has 0 heterocycles. The van der Waals surface area contributed by atoms with Gasteiger partial charge in [0.05, 0.1) is 0 Å². The molecule has 0 aliphatic heterocycles. The molecule has 2 N–H and O–H groups in total. The molecule has 0 amide bonds. The van der Waals surface area contributed by atoms with E-state index in [2.05, 4.69) is 27.7 Å². The highest BCUT2D eigenvalue weighted by molar-refractivity contribution is 4.91.